The standard InChI is InChI=1S/C38H43N3O7/c1-44-34-19-16-31(35(45-2)36(34)46-3)25-40-20-22-41(23-21-40)37(42)33(39-38(43)48-27-30-12-8-5-9-13-30)24-28-14-17-32(18-15-28)47-26-29-10-6-4-7-11-29/h4-19,33H,20-27H2,1-3H3,(H,39,43)/t33-/m1/s1. The Labute approximate surface area is 282 Å². The fraction of sp³-hybridized carbons (Fsp3) is 0.316. The summed E-state index contributed by atoms with van der Waals surface area (Å²) in [5, 5.41) is 2.84. The highest BCUT2D eigenvalue weighted by Crippen LogP contribution is 2.40. The number of rotatable bonds is 14. The highest BCUT2D eigenvalue weighted by atomic mass is 16.5. The maximum Gasteiger partial charge on any atom is 0.408 e. The molecule has 4 aromatic carbocycles. The predicted molar refractivity (Wildman–Crippen MR) is 182 cm³/mol. The average molecular weight is 654 g/mol. The Bertz CT molecular complexity index is 1610. The zero-order chi connectivity index (χ0) is 33.7. The van der Waals surface area contributed by atoms with Crippen LogP contribution in [0.25, 0.3) is 0 Å². The molecule has 10 nitrogen and oxygen atoms in total. The number of carbonyl (C=O) groups excluding carboxylic acids is 2. The van der Waals surface area contributed by atoms with Crippen molar-refractivity contribution in [2.75, 3.05) is 47.5 Å². The second kappa shape index (κ2) is 17.1. The van der Waals surface area contributed by atoms with Gasteiger partial charge in [0.1, 0.15) is 25.0 Å². The van der Waals surface area contributed by atoms with Crippen LogP contribution >= 0.6 is 0 Å². The van der Waals surface area contributed by atoms with Crippen molar-refractivity contribution in [1.82, 2.24) is 15.1 Å². The minimum absolute atomic E-state index is 0.110. The monoisotopic (exact) mass is 653 g/mol. The van der Waals surface area contributed by atoms with Gasteiger partial charge in [-0.15, -0.1) is 0 Å². The average Bonchev–Trinajstić information content (AvgIpc) is 3.14. The van der Waals surface area contributed by atoms with E-state index >= 15 is 0 Å². The van der Waals surface area contributed by atoms with Crippen molar-refractivity contribution in [2.24, 2.45) is 0 Å². The van der Waals surface area contributed by atoms with Gasteiger partial charge in [0.05, 0.1) is 21.3 Å². The Hall–Kier alpha value is -5.22. The van der Waals surface area contributed by atoms with Crippen LogP contribution < -0.4 is 24.3 Å². The molecule has 1 atom stereocenters. The first-order chi connectivity index (χ1) is 23.5. The summed E-state index contributed by atoms with van der Waals surface area (Å²) in [6.07, 6.45) is -0.333. The molecule has 1 aliphatic rings. The molecule has 1 saturated heterocycles. The van der Waals surface area contributed by atoms with Crippen LogP contribution in [0.15, 0.2) is 97.1 Å². The third-order valence-electron chi connectivity index (χ3n) is 8.28. The lowest BCUT2D eigenvalue weighted by Gasteiger charge is -2.36. The number of nitrogens with zero attached hydrogens (tertiary/aromatic N) is 2. The Morgan fingerprint density at radius 3 is 1.92 bits per heavy atom. The molecule has 0 radical (unpaired) electrons. The van der Waals surface area contributed by atoms with E-state index in [-0.39, 0.29) is 12.5 Å². The summed E-state index contributed by atoms with van der Waals surface area (Å²) in [7, 11) is 4.79. The zero-order valence-electron chi connectivity index (χ0n) is 27.7. The third kappa shape index (κ3) is 9.19. The molecule has 2 amide bonds. The maximum atomic E-state index is 13.9. The van der Waals surface area contributed by atoms with Crippen molar-refractivity contribution in [3.05, 3.63) is 119 Å². The van der Waals surface area contributed by atoms with Crippen LogP contribution in [0.5, 0.6) is 23.0 Å². The number of nitrogens with one attached hydrogen (secondary N) is 1. The molecule has 1 N–H and O–H groups in total. The van der Waals surface area contributed by atoms with E-state index in [4.69, 9.17) is 23.7 Å². The first kappa shape index (κ1) is 34.1. The summed E-state index contributed by atoms with van der Waals surface area (Å²) in [6.45, 7) is 3.53. The van der Waals surface area contributed by atoms with Gasteiger partial charge >= 0.3 is 6.09 Å². The molecular formula is C38H43N3O7. The van der Waals surface area contributed by atoms with Crippen molar-refractivity contribution in [3.8, 4) is 23.0 Å². The van der Waals surface area contributed by atoms with E-state index in [9.17, 15) is 9.59 Å². The molecule has 0 bridgehead atoms. The van der Waals surface area contributed by atoms with Gasteiger partial charge in [-0.3, -0.25) is 9.69 Å². The molecule has 0 saturated carbocycles. The number of hydrogen-bond donors (Lipinski definition) is 1. The number of amides is 2. The highest BCUT2D eigenvalue weighted by molar-refractivity contribution is 5.86. The topological polar surface area (TPSA) is 98.8 Å². The van der Waals surface area contributed by atoms with E-state index in [0.29, 0.717) is 63.0 Å². The molecule has 0 aliphatic carbocycles. The van der Waals surface area contributed by atoms with Gasteiger partial charge in [-0.1, -0.05) is 78.9 Å². The summed E-state index contributed by atoms with van der Waals surface area (Å²) >= 11 is 0. The van der Waals surface area contributed by atoms with E-state index in [1.807, 2.05) is 102 Å². The lowest BCUT2D eigenvalue weighted by molar-refractivity contribution is -0.135. The van der Waals surface area contributed by atoms with Crippen LogP contribution in [-0.4, -0.2) is 75.4 Å². The predicted octanol–water partition coefficient (Wildman–Crippen LogP) is 5.47. The van der Waals surface area contributed by atoms with Gasteiger partial charge in [0, 0.05) is 44.7 Å². The maximum absolute atomic E-state index is 13.9. The van der Waals surface area contributed by atoms with Crippen LogP contribution in [0.3, 0.4) is 0 Å². The van der Waals surface area contributed by atoms with E-state index in [2.05, 4.69) is 10.2 Å². The van der Waals surface area contributed by atoms with Crippen LogP contribution in [0.1, 0.15) is 22.3 Å². The lowest BCUT2D eigenvalue weighted by Crippen LogP contribution is -2.55. The summed E-state index contributed by atoms with van der Waals surface area (Å²) in [6, 6.07) is 30.0. The number of carbonyl (C=O) groups is 2. The minimum atomic E-state index is -0.804. The summed E-state index contributed by atoms with van der Waals surface area (Å²) in [4.78, 5) is 30.9. The molecule has 10 heteroatoms. The minimum Gasteiger partial charge on any atom is -0.493 e. The van der Waals surface area contributed by atoms with Crippen molar-refractivity contribution in [2.45, 2.75) is 32.2 Å². The van der Waals surface area contributed by atoms with Crippen LogP contribution in [0, 0.1) is 0 Å². The molecule has 1 heterocycles. The van der Waals surface area contributed by atoms with Crippen molar-refractivity contribution >= 4 is 12.0 Å². The first-order valence-corrected chi connectivity index (χ1v) is 16.0. The number of piperazine rings is 1. The SMILES string of the molecule is COc1ccc(CN2CCN(C(=O)[C@@H](Cc3ccc(OCc4ccccc4)cc3)NC(=O)OCc3ccccc3)CC2)c(OC)c1OC. The van der Waals surface area contributed by atoms with Crippen molar-refractivity contribution in [3.63, 3.8) is 0 Å². The summed E-state index contributed by atoms with van der Waals surface area (Å²) < 4.78 is 28.1. The van der Waals surface area contributed by atoms with Gasteiger partial charge in [-0.05, 0) is 34.9 Å². The second-order valence-corrected chi connectivity index (χ2v) is 11.5. The molecule has 4 aromatic rings. The van der Waals surface area contributed by atoms with Gasteiger partial charge in [-0.2, -0.15) is 0 Å². The number of hydrogen-bond acceptors (Lipinski definition) is 8. The van der Waals surface area contributed by atoms with Crippen molar-refractivity contribution < 1.29 is 33.3 Å². The highest BCUT2D eigenvalue weighted by Gasteiger charge is 2.30. The van der Waals surface area contributed by atoms with Crippen LogP contribution in [-0.2, 0) is 35.7 Å². The van der Waals surface area contributed by atoms with Gasteiger partial charge < -0.3 is 33.9 Å². The molecule has 48 heavy (non-hydrogen) atoms. The Kier molecular flexibility index (Phi) is 12.1. The fourth-order valence-corrected chi connectivity index (χ4v) is 5.68. The molecular weight excluding hydrogens is 610 g/mol. The molecule has 0 aromatic heterocycles. The molecule has 1 aliphatic heterocycles. The molecule has 0 unspecified atom stereocenters. The summed E-state index contributed by atoms with van der Waals surface area (Å²) in [5.41, 5.74) is 3.80. The number of alkyl carbamates (subject to hydrolysis) is 1. The number of benzene rings is 4. The first-order valence-electron chi connectivity index (χ1n) is 16.0. The Balaban J connectivity index is 1.22. The fourth-order valence-electron chi connectivity index (χ4n) is 5.68. The molecule has 252 valence electrons. The van der Waals surface area contributed by atoms with Gasteiger partial charge in [-0.25, -0.2) is 4.79 Å². The number of methoxy groups -OCH3 is 3. The summed E-state index contributed by atoms with van der Waals surface area (Å²) in [5.74, 6) is 2.35. The number of ether oxygens (including phenoxy) is 5. The van der Waals surface area contributed by atoms with E-state index in [1.165, 1.54) is 0 Å². The normalized spacial score (nSPS) is 13.7. The van der Waals surface area contributed by atoms with Crippen LogP contribution in [0.2, 0.25) is 0 Å². The van der Waals surface area contributed by atoms with E-state index in [0.717, 1.165) is 28.0 Å². The largest absolute Gasteiger partial charge is 0.493 e. The smallest absolute Gasteiger partial charge is 0.408 e. The van der Waals surface area contributed by atoms with Crippen molar-refractivity contribution in [1.29, 1.82) is 0 Å². The Morgan fingerprint density at radius 2 is 1.31 bits per heavy atom. The zero-order valence-corrected chi connectivity index (χ0v) is 27.7. The van der Waals surface area contributed by atoms with Gasteiger partial charge in [0.15, 0.2) is 11.5 Å². The van der Waals surface area contributed by atoms with Gasteiger partial charge in [0.25, 0.3) is 0 Å². The second-order valence-electron chi connectivity index (χ2n) is 11.5. The van der Waals surface area contributed by atoms with Crippen LogP contribution in [0.4, 0.5) is 4.79 Å². The lowest BCUT2D eigenvalue weighted by atomic mass is 10.0. The molecule has 5 rings (SSSR count). The van der Waals surface area contributed by atoms with E-state index in [1.54, 1.807) is 21.3 Å². The molecule has 0 spiro atoms. The molecule has 1 fully saturated rings. The third-order valence-corrected chi connectivity index (χ3v) is 8.28. The quantitative estimate of drug-likeness (QED) is 0.191. The van der Waals surface area contributed by atoms with Gasteiger partial charge in [0.2, 0.25) is 11.7 Å². The van der Waals surface area contributed by atoms with E-state index < -0.39 is 12.1 Å². The Morgan fingerprint density at radius 1 is 0.688 bits per heavy atom.